The summed E-state index contributed by atoms with van der Waals surface area (Å²) < 4.78 is 5.17. The molecule has 18 heavy (non-hydrogen) atoms. The molecule has 0 fully saturated rings. The predicted octanol–water partition coefficient (Wildman–Crippen LogP) is 3.77. The fraction of sp³-hybridized carbons (Fsp3) is 0.533. The predicted molar refractivity (Wildman–Crippen MR) is 73.4 cm³/mol. The Balaban J connectivity index is 0.000000351. The van der Waals surface area contributed by atoms with E-state index in [0.717, 1.165) is 6.42 Å². The van der Waals surface area contributed by atoms with Crippen LogP contribution in [0.2, 0.25) is 0 Å². The first kappa shape index (κ1) is 16.5. The average molecular weight is 252 g/mol. The Bertz CT molecular complexity index is 320. The van der Waals surface area contributed by atoms with Crippen molar-refractivity contribution in [2.24, 2.45) is 5.92 Å². The summed E-state index contributed by atoms with van der Waals surface area (Å²) in [5, 5.41) is 8.63. The second kappa shape index (κ2) is 9.51. The molecule has 0 aliphatic carbocycles. The third-order valence-electron chi connectivity index (χ3n) is 2.47. The zero-order valence-corrected chi connectivity index (χ0v) is 11.7. The third kappa shape index (κ3) is 7.71. The van der Waals surface area contributed by atoms with Gasteiger partial charge < -0.3 is 9.84 Å². The first-order chi connectivity index (χ1) is 8.51. The van der Waals surface area contributed by atoms with Crippen molar-refractivity contribution >= 4 is 5.97 Å². The number of hydrogen-bond acceptors (Lipinski definition) is 3. The summed E-state index contributed by atoms with van der Waals surface area (Å²) in [6.45, 7) is 7.98. The first-order valence-electron chi connectivity index (χ1n) is 6.44. The highest BCUT2D eigenvalue weighted by Gasteiger charge is 2.14. The van der Waals surface area contributed by atoms with Gasteiger partial charge in [0, 0.05) is 6.42 Å². The Morgan fingerprint density at radius 2 is 1.78 bits per heavy atom. The molecule has 1 N–H and O–H groups in total. The average Bonchev–Trinajstić information content (AvgIpc) is 2.36. The number of carbonyl (C=O) groups is 1. The van der Waals surface area contributed by atoms with Crippen LogP contribution >= 0.6 is 0 Å². The van der Waals surface area contributed by atoms with Crippen LogP contribution in [0.3, 0.4) is 0 Å². The van der Waals surface area contributed by atoms with Crippen LogP contribution in [0.25, 0.3) is 0 Å². The fourth-order valence-electron chi connectivity index (χ4n) is 1.37. The lowest BCUT2D eigenvalue weighted by Gasteiger charge is -2.18. The molecule has 1 aromatic carbocycles. The monoisotopic (exact) mass is 252 g/mol. The van der Waals surface area contributed by atoms with Gasteiger partial charge in [0.05, 0.1) is 0 Å². The smallest absolute Gasteiger partial charge is 0.305 e. The van der Waals surface area contributed by atoms with Gasteiger partial charge in [0.1, 0.15) is 11.9 Å². The van der Waals surface area contributed by atoms with Crippen molar-refractivity contribution in [3.63, 3.8) is 0 Å². The van der Waals surface area contributed by atoms with Crippen LogP contribution < -0.4 is 0 Å². The molecule has 0 aromatic heterocycles. The molecule has 0 spiro atoms. The summed E-state index contributed by atoms with van der Waals surface area (Å²) in [5.41, 5.74) is 0. The second-order valence-corrected chi connectivity index (χ2v) is 4.37. The van der Waals surface area contributed by atoms with Gasteiger partial charge in [-0.25, -0.2) is 0 Å². The number of ether oxygens (including phenoxy) is 1. The van der Waals surface area contributed by atoms with E-state index in [1.165, 1.54) is 0 Å². The Hall–Kier alpha value is -1.51. The number of para-hydroxylation sites is 1. The van der Waals surface area contributed by atoms with Crippen LogP contribution in [0.5, 0.6) is 5.75 Å². The SMILES string of the molecule is CCC(=O)OC(CC)C(C)C.Oc1ccccc1. The molecule has 0 aliphatic heterocycles. The lowest BCUT2D eigenvalue weighted by molar-refractivity contribution is -0.151. The number of benzene rings is 1. The molecule has 102 valence electrons. The van der Waals surface area contributed by atoms with Crippen LogP contribution in [-0.4, -0.2) is 17.2 Å². The molecule has 3 nitrogen and oxygen atoms in total. The standard InChI is InChI=1S/C9H18O2.C6H6O/c1-5-8(7(3)4)11-9(10)6-2;7-6-4-2-1-3-5-6/h7-8H,5-6H2,1-4H3;1-5,7H. The van der Waals surface area contributed by atoms with Gasteiger partial charge in [-0.05, 0) is 24.5 Å². The van der Waals surface area contributed by atoms with Gasteiger partial charge in [0.15, 0.2) is 0 Å². The number of phenols is 1. The molecule has 1 unspecified atom stereocenters. The third-order valence-corrected chi connectivity index (χ3v) is 2.47. The van der Waals surface area contributed by atoms with E-state index < -0.39 is 0 Å². The molecule has 0 aliphatic rings. The summed E-state index contributed by atoms with van der Waals surface area (Å²) in [6, 6.07) is 8.71. The zero-order chi connectivity index (χ0) is 14.0. The Labute approximate surface area is 110 Å². The minimum atomic E-state index is -0.0921. The van der Waals surface area contributed by atoms with Crippen LogP contribution in [0.4, 0.5) is 0 Å². The molecule has 1 rings (SSSR count). The van der Waals surface area contributed by atoms with E-state index in [0.29, 0.717) is 18.1 Å². The maximum absolute atomic E-state index is 10.9. The molecule has 0 heterocycles. The normalized spacial score (nSPS) is 11.4. The number of hydrogen-bond donors (Lipinski definition) is 1. The van der Waals surface area contributed by atoms with Crippen LogP contribution in [0, 0.1) is 5.92 Å². The summed E-state index contributed by atoms with van der Waals surface area (Å²) in [7, 11) is 0. The van der Waals surface area contributed by atoms with E-state index >= 15 is 0 Å². The fourth-order valence-corrected chi connectivity index (χ4v) is 1.37. The van der Waals surface area contributed by atoms with Crippen LogP contribution in [-0.2, 0) is 9.53 Å². The van der Waals surface area contributed by atoms with E-state index in [1.54, 1.807) is 24.3 Å². The van der Waals surface area contributed by atoms with E-state index in [4.69, 9.17) is 9.84 Å². The van der Waals surface area contributed by atoms with E-state index in [9.17, 15) is 4.79 Å². The van der Waals surface area contributed by atoms with Crippen molar-refractivity contribution in [1.82, 2.24) is 0 Å². The Morgan fingerprint density at radius 3 is 2.06 bits per heavy atom. The zero-order valence-electron chi connectivity index (χ0n) is 11.7. The van der Waals surface area contributed by atoms with Crippen molar-refractivity contribution in [2.45, 2.75) is 46.6 Å². The molecular formula is C15H24O3. The molecular weight excluding hydrogens is 228 g/mol. The highest BCUT2D eigenvalue weighted by molar-refractivity contribution is 5.69. The molecule has 1 aromatic rings. The van der Waals surface area contributed by atoms with Crippen molar-refractivity contribution in [1.29, 1.82) is 0 Å². The van der Waals surface area contributed by atoms with Crippen molar-refractivity contribution in [3.8, 4) is 5.75 Å². The van der Waals surface area contributed by atoms with E-state index in [2.05, 4.69) is 13.8 Å². The molecule has 0 bridgehead atoms. The van der Waals surface area contributed by atoms with Gasteiger partial charge in [-0.3, -0.25) is 4.79 Å². The molecule has 1 atom stereocenters. The van der Waals surface area contributed by atoms with Gasteiger partial charge in [0.25, 0.3) is 0 Å². The lowest BCUT2D eigenvalue weighted by atomic mass is 10.1. The van der Waals surface area contributed by atoms with Crippen LogP contribution in [0.15, 0.2) is 30.3 Å². The second-order valence-electron chi connectivity index (χ2n) is 4.37. The van der Waals surface area contributed by atoms with Gasteiger partial charge in [-0.2, -0.15) is 0 Å². The van der Waals surface area contributed by atoms with Gasteiger partial charge >= 0.3 is 5.97 Å². The van der Waals surface area contributed by atoms with Crippen LogP contribution in [0.1, 0.15) is 40.5 Å². The summed E-state index contributed by atoms with van der Waals surface area (Å²) >= 11 is 0. The summed E-state index contributed by atoms with van der Waals surface area (Å²) in [4.78, 5) is 10.9. The summed E-state index contributed by atoms with van der Waals surface area (Å²) in [5.74, 6) is 0.656. The minimum Gasteiger partial charge on any atom is -0.508 e. The quantitative estimate of drug-likeness (QED) is 0.830. The highest BCUT2D eigenvalue weighted by Crippen LogP contribution is 2.10. The Morgan fingerprint density at radius 1 is 1.22 bits per heavy atom. The molecule has 0 radical (unpaired) electrons. The minimum absolute atomic E-state index is 0.0921. The maximum atomic E-state index is 10.9. The number of esters is 1. The molecule has 0 amide bonds. The van der Waals surface area contributed by atoms with Gasteiger partial charge in [-0.1, -0.05) is 45.9 Å². The molecule has 0 saturated carbocycles. The van der Waals surface area contributed by atoms with Gasteiger partial charge in [0.2, 0.25) is 0 Å². The molecule has 0 saturated heterocycles. The Kier molecular flexibility index (Phi) is 8.71. The van der Waals surface area contributed by atoms with Crippen molar-refractivity contribution < 1.29 is 14.6 Å². The van der Waals surface area contributed by atoms with E-state index in [-0.39, 0.29) is 12.1 Å². The number of aromatic hydroxyl groups is 1. The lowest BCUT2D eigenvalue weighted by Crippen LogP contribution is -2.22. The first-order valence-corrected chi connectivity index (χ1v) is 6.44. The van der Waals surface area contributed by atoms with Gasteiger partial charge in [-0.15, -0.1) is 0 Å². The van der Waals surface area contributed by atoms with E-state index in [1.807, 2.05) is 19.9 Å². The highest BCUT2D eigenvalue weighted by atomic mass is 16.5. The maximum Gasteiger partial charge on any atom is 0.305 e. The number of rotatable bonds is 4. The van der Waals surface area contributed by atoms with Crippen molar-refractivity contribution in [3.05, 3.63) is 30.3 Å². The molecule has 3 heteroatoms. The number of carbonyl (C=O) groups excluding carboxylic acids is 1. The summed E-state index contributed by atoms with van der Waals surface area (Å²) in [6.07, 6.45) is 1.48. The largest absolute Gasteiger partial charge is 0.508 e. The number of phenolic OH excluding ortho intramolecular Hbond substituents is 1. The van der Waals surface area contributed by atoms with Crippen molar-refractivity contribution in [2.75, 3.05) is 0 Å². The topological polar surface area (TPSA) is 46.5 Å².